The molecule has 1 heterocycles. The van der Waals surface area contributed by atoms with Crippen LogP contribution in [0.4, 0.5) is 0 Å². The standard InChI is InChI=1S/C20H18Cl2N2O2S/c1-2-26-13-12-24-19-16(22)8-5-9-17(19)27-20(24)23-18(25)11-10-14-6-3-4-7-15(14)21/h3-11H,2,12-13H2,1H3/b11-10+,23-20?. The lowest BCUT2D eigenvalue weighted by molar-refractivity contribution is -0.113. The molecule has 0 bridgehead atoms. The van der Waals surface area contributed by atoms with E-state index in [9.17, 15) is 4.79 Å². The Morgan fingerprint density at radius 3 is 2.74 bits per heavy atom. The average molecular weight is 421 g/mol. The normalized spacial score (nSPS) is 12.3. The monoisotopic (exact) mass is 420 g/mol. The van der Waals surface area contributed by atoms with Crippen molar-refractivity contribution in [3.05, 3.63) is 69.0 Å². The molecule has 0 saturated carbocycles. The summed E-state index contributed by atoms with van der Waals surface area (Å²) in [5.41, 5.74) is 1.64. The molecule has 140 valence electrons. The van der Waals surface area contributed by atoms with Gasteiger partial charge >= 0.3 is 0 Å². The Bertz CT molecular complexity index is 1050. The summed E-state index contributed by atoms with van der Waals surface area (Å²) in [5.74, 6) is -0.359. The Hall–Kier alpha value is -1.92. The molecule has 27 heavy (non-hydrogen) atoms. The van der Waals surface area contributed by atoms with Crippen molar-refractivity contribution in [1.82, 2.24) is 4.57 Å². The van der Waals surface area contributed by atoms with E-state index in [1.54, 1.807) is 12.1 Å². The largest absolute Gasteiger partial charge is 0.380 e. The van der Waals surface area contributed by atoms with Crippen molar-refractivity contribution in [2.75, 3.05) is 13.2 Å². The zero-order chi connectivity index (χ0) is 19.2. The zero-order valence-corrected chi connectivity index (χ0v) is 17.0. The van der Waals surface area contributed by atoms with Crippen molar-refractivity contribution in [2.45, 2.75) is 13.5 Å². The quantitative estimate of drug-likeness (QED) is 0.406. The maximum absolute atomic E-state index is 12.4. The van der Waals surface area contributed by atoms with Gasteiger partial charge in [-0.05, 0) is 36.8 Å². The summed E-state index contributed by atoms with van der Waals surface area (Å²) in [6, 6.07) is 13.0. The second kappa shape index (κ2) is 9.33. The molecular formula is C20H18Cl2N2O2S. The van der Waals surface area contributed by atoms with Gasteiger partial charge in [-0.25, -0.2) is 0 Å². The average Bonchev–Trinajstić information content (AvgIpc) is 3.00. The molecule has 1 aromatic heterocycles. The van der Waals surface area contributed by atoms with Crippen molar-refractivity contribution in [2.24, 2.45) is 4.99 Å². The lowest BCUT2D eigenvalue weighted by Gasteiger charge is -2.06. The van der Waals surface area contributed by atoms with Crippen LogP contribution >= 0.6 is 34.5 Å². The first kappa shape index (κ1) is 19.8. The summed E-state index contributed by atoms with van der Waals surface area (Å²) in [6.45, 7) is 3.66. The van der Waals surface area contributed by atoms with Gasteiger partial charge in [0.25, 0.3) is 5.91 Å². The number of hydrogen-bond acceptors (Lipinski definition) is 3. The first-order chi connectivity index (χ1) is 13.1. The van der Waals surface area contributed by atoms with E-state index in [2.05, 4.69) is 4.99 Å². The fourth-order valence-corrected chi connectivity index (χ4v) is 4.20. The van der Waals surface area contributed by atoms with E-state index in [0.717, 1.165) is 15.8 Å². The van der Waals surface area contributed by atoms with Gasteiger partial charge in [0.15, 0.2) is 4.80 Å². The van der Waals surface area contributed by atoms with Crippen LogP contribution in [0.5, 0.6) is 0 Å². The molecule has 0 unspecified atom stereocenters. The molecule has 0 spiro atoms. The highest BCUT2D eigenvalue weighted by Gasteiger charge is 2.10. The van der Waals surface area contributed by atoms with Crippen molar-refractivity contribution < 1.29 is 9.53 Å². The van der Waals surface area contributed by atoms with Crippen LogP contribution in [-0.2, 0) is 16.1 Å². The van der Waals surface area contributed by atoms with Crippen molar-refractivity contribution in [1.29, 1.82) is 0 Å². The third-order valence-electron chi connectivity index (χ3n) is 3.83. The van der Waals surface area contributed by atoms with Crippen LogP contribution < -0.4 is 4.80 Å². The minimum absolute atomic E-state index is 0.359. The van der Waals surface area contributed by atoms with Gasteiger partial charge in [0.1, 0.15) is 0 Å². The maximum Gasteiger partial charge on any atom is 0.272 e. The smallest absolute Gasteiger partial charge is 0.272 e. The molecule has 0 saturated heterocycles. The predicted octanol–water partition coefficient (Wildman–Crippen LogP) is 5.19. The van der Waals surface area contributed by atoms with Gasteiger partial charge < -0.3 is 9.30 Å². The Labute approximate surface area is 171 Å². The van der Waals surface area contributed by atoms with E-state index in [1.165, 1.54) is 17.4 Å². The first-order valence-corrected chi connectivity index (χ1v) is 10.0. The predicted molar refractivity (Wildman–Crippen MR) is 112 cm³/mol. The lowest BCUT2D eigenvalue weighted by Crippen LogP contribution is -2.19. The number of carbonyl (C=O) groups is 1. The summed E-state index contributed by atoms with van der Waals surface area (Å²) >= 11 is 13.9. The molecule has 7 heteroatoms. The van der Waals surface area contributed by atoms with E-state index < -0.39 is 0 Å². The number of halogens is 2. The molecule has 0 aliphatic rings. The highest BCUT2D eigenvalue weighted by molar-refractivity contribution is 7.16. The summed E-state index contributed by atoms with van der Waals surface area (Å²) < 4.78 is 8.36. The Balaban J connectivity index is 1.96. The molecule has 4 nitrogen and oxygen atoms in total. The molecule has 1 amide bonds. The van der Waals surface area contributed by atoms with Gasteiger partial charge in [0.05, 0.1) is 21.8 Å². The molecule has 0 atom stereocenters. The number of amides is 1. The maximum atomic E-state index is 12.4. The van der Waals surface area contributed by atoms with Crippen LogP contribution in [0.1, 0.15) is 12.5 Å². The molecule has 3 aromatic rings. The van der Waals surface area contributed by atoms with E-state index in [1.807, 2.05) is 47.9 Å². The Morgan fingerprint density at radius 2 is 1.96 bits per heavy atom. The Kier molecular flexibility index (Phi) is 6.85. The van der Waals surface area contributed by atoms with E-state index in [-0.39, 0.29) is 5.91 Å². The van der Waals surface area contributed by atoms with Gasteiger partial charge in [-0.15, -0.1) is 0 Å². The number of carbonyl (C=O) groups excluding carboxylic acids is 1. The number of nitrogens with zero attached hydrogens (tertiary/aromatic N) is 2. The molecule has 2 aromatic carbocycles. The summed E-state index contributed by atoms with van der Waals surface area (Å²) in [6.07, 6.45) is 3.08. The SMILES string of the molecule is CCOCCn1c(=NC(=O)/C=C/c2ccccc2Cl)sc2cccc(Cl)c21. The molecule has 0 N–H and O–H groups in total. The Morgan fingerprint density at radius 1 is 1.19 bits per heavy atom. The second-order valence-corrected chi connectivity index (χ2v) is 7.45. The van der Waals surface area contributed by atoms with Gasteiger partial charge in [0.2, 0.25) is 0 Å². The van der Waals surface area contributed by atoms with Gasteiger partial charge in [-0.1, -0.05) is 58.8 Å². The minimum Gasteiger partial charge on any atom is -0.380 e. The summed E-state index contributed by atoms with van der Waals surface area (Å²) in [7, 11) is 0. The molecule has 0 aliphatic carbocycles. The highest BCUT2D eigenvalue weighted by Crippen LogP contribution is 2.25. The van der Waals surface area contributed by atoms with E-state index >= 15 is 0 Å². The van der Waals surface area contributed by atoms with Crippen LogP contribution in [0.2, 0.25) is 10.0 Å². The lowest BCUT2D eigenvalue weighted by atomic mass is 10.2. The van der Waals surface area contributed by atoms with Gasteiger partial charge in [-0.3, -0.25) is 4.79 Å². The minimum atomic E-state index is -0.359. The van der Waals surface area contributed by atoms with Crippen LogP contribution in [0.15, 0.2) is 53.5 Å². The van der Waals surface area contributed by atoms with Crippen LogP contribution in [0.3, 0.4) is 0 Å². The molecule has 0 fully saturated rings. The van der Waals surface area contributed by atoms with Crippen LogP contribution in [-0.4, -0.2) is 23.7 Å². The number of para-hydroxylation sites is 1. The van der Waals surface area contributed by atoms with Crippen LogP contribution in [0.25, 0.3) is 16.3 Å². The summed E-state index contributed by atoms with van der Waals surface area (Å²) in [5, 5.41) is 1.21. The fourth-order valence-electron chi connectivity index (χ4n) is 2.58. The number of hydrogen-bond donors (Lipinski definition) is 0. The van der Waals surface area contributed by atoms with Gasteiger partial charge in [0, 0.05) is 24.3 Å². The third kappa shape index (κ3) is 4.87. The number of rotatable bonds is 6. The molecule has 3 rings (SSSR count). The number of benzene rings is 2. The van der Waals surface area contributed by atoms with E-state index in [4.69, 9.17) is 27.9 Å². The number of fused-ring (bicyclic) bond motifs is 1. The van der Waals surface area contributed by atoms with Crippen molar-refractivity contribution in [3.63, 3.8) is 0 Å². The van der Waals surface area contributed by atoms with Crippen molar-refractivity contribution >= 4 is 56.7 Å². The number of thiazole rings is 1. The van der Waals surface area contributed by atoms with Gasteiger partial charge in [-0.2, -0.15) is 4.99 Å². The topological polar surface area (TPSA) is 43.6 Å². The molecular weight excluding hydrogens is 403 g/mol. The molecule has 0 aliphatic heterocycles. The summed E-state index contributed by atoms with van der Waals surface area (Å²) in [4.78, 5) is 17.2. The number of aromatic nitrogens is 1. The highest BCUT2D eigenvalue weighted by atomic mass is 35.5. The fraction of sp³-hybridized carbons (Fsp3) is 0.200. The first-order valence-electron chi connectivity index (χ1n) is 8.47. The zero-order valence-electron chi connectivity index (χ0n) is 14.7. The third-order valence-corrected chi connectivity index (χ3v) is 5.52. The van der Waals surface area contributed by atoms with Crippen molar-refractivity contribution in [3.8, 4) is 0 Å². The second-order valence-electron chi connectivity index (χ2n) is 5.62. The van der Waals surface area contributed by atoms with E-state index in [0.29, 0.717) is 34.6 Å². The van der Waals surface area contributed by atoms with Crippen LogP contribution in [0, 0.1) is 0 Å². The number of ether oxygens (including phenoxy) is 1. The molecule has 0 radical (unpaired) electrons.